The highest BCUT2D eigenvalue weighted by molar-refractivity contribution is 6.05. The number of aromatic nitrogens is 3. The molecule has 0 radical (unpaired) electrons. The van der Waals surface area contributed by atoms with Crippen molar-refractivity contribution in [3.8, 4) is 28.4 Å². The maximum atomic E-state index is 13.7. The number of para-hydroxylation sites is 1. The zero-order chi connectivity index (χ0) is 29.7. The third kappa shape index (κ3) is 3.92. The van der Waals surface area contributed by atoms with E-state index in [0.29, 0.717) is 35.6 Å². The van der Waals surface area contributed by atoms with Crippen LogP contribution in [0.4, 0.5) is 5.69 Å². The Morgan fingerprint density at radius 3 is 2.73 bits per heavy atom. The summed E-state index contributed by atoms with van der Waals surface area (Å²) in [5.74, 6) is 2.95. The van der Waals surface area contributed by atoms with Crippen molar-refractivity contribution in [3.05, 3.63) is 65.7 Å². The molecule has 4 aliphatic rings. The van der Waals surface area contributed by atoms with Crippen molar-refractivity contribution >= 4 is 39.4 Å². The molecular formula is C36H35N5O3. The smallest absolute Gasteiger partial charge is 0.254 e. The van der Waals surface area contributed by atoms with Gasteiger partial charge in [-0.15, -0.1) is 0 Å². The first-order valence-electron chi connectivity index (χ1n) is 15.9. The predicted molar refractivity (Wildman–Crippen MR) is 171 cm³/mol. The van der Waals surface area contributed by atoms with Crippen LogP contribution in [-0.2, 0) is 24.8 Å². The monoisotopic (exact) mass is 585 g/mol. The second-order valence-corrected chi connectivity index (χ2v) is 13.3. The molecule has 44 heavy (non-hydrogen) atoms. The summed E-state index contributed by atoms with van der Waals surface area (Å²) in [5, 5.41) is 4.23. The number of ether oxygens (including phenoxy) is 1. The lowest BCUT2D eigenvalue weighted by Crippen LogP contribution is -2.37. The molecule has 9 rings (SSSR count). The first kappa shape index (κ1) is 25.9. The van der Waals surface area contributed by atoms with Gasteiger partial charge in [-0.25, -0.2) is 4.98 Å². The van der Waals surface area contributed by atoms with Crippen LogP contribution in [0.2, 0.25) is 0 Å². The Labute approximate surface area is 255 Å². The lowest BCUT2D eigenvalue weighted by Gasteiger charge is -2.27. The molecule has 8 nitrogen and oxygen atoms in total. The predicted octanol–water partition coefficient (Wildman–Crippen LogP) is 6.40. The summed E-state index contributed by atoms with van der Waals surface area (Å²) < 4.78 is 10.4. The summed E-state index contributed by atoms with van der Waals surface area (Å²) in [5.41, 5.74) is 8.63. The highest BCUT2D eigenvalue weighted by Gasteiger charge is 2.40. The maximum Gasteiger partial charge on any atom is 0.254 e. The second kappa shape index (κ2) is 9.45. The lowest BCUT2D eigenvalue weighted by molar-refractivity contribution is -0.115. The number of anilines is 1. The minimum absolute atomic E-state index is 0.0442. The quantitative estimate of drug-likeness (QED) is 0.250. The van der Waals surface area contributed by atoms with Crippen molar-refractivity contribution in [1.82, 2.24) is 19.0 Å². The Kier molecular flexibility index (Phi) is 5.56. The number of methoxy groups -OCH3 is 1. The molecule has 2 amide bonds. The zero-order valence-corrected chi connectivity index (χ0v) is 25.1. The number of likely N-dealkylation sites (tertiary alicyclic amines) is 1. The molecule has 5 aromatic rings. The third-order valence-corrected chi connectivity index (χ3v) is 10.4. The van der Waals surface area contributed by atoms with Crippen molar-refractivity contribution in [2.75, 3.05) is 19.0 Å². The normalized spacial score (nSPS) is 20.6. The van der Waals surface area contributed by atoms with E-state index in [1.54, 1.807) is 7.11 Å². The van der Waals surface area contributed by atoms with Gasteiger partial charge in [0.1, 0.15) is 11.3 Å². The van der Waals surface area contributed by atoms with E-state index in [2.05, 4.69) is 49.7 Å². The maximum absolute atomic E-state index is 13.7. The van der Waals surface area contributed by atoms with Gasteiger partial charge in [-0.3, -0.25) is 9.59 Å². The average molecular weight is 586 g/mol. The number of nitrogens with zero attached hydrogens (tertiary/aromatic N) is 4. The van der Waals surface area contributed by atoms with Gasteiger partial charge >= 0.3 is 0 Å². The standard InChI is InChI=1S/C36H35N5O3/c1-39-34-28(13-25(16-31(34)44-2)36(43)40-19-21-8-11-26(40)12-21)37-35(39)30-15-23-10-9-22(14-29(23)41(30)18-20-6-7-20)27-5-3-4-24-17-32(42)38-33(24)27/h3-5,9-10,13-16,20-21,26H,6-8,11-12,17-19H2,1-2H3,(H,38,42). The Morgan fingerprint density at radius 1 is 1.07 bits per heavy atom. The van der Waals surface area contributed by atoms with Gasteiger partial charge in [0.25, 0.3) is 5.91 Å². The Hall–Kier alpha value is -4.59. The molecule has 2 unspecified atom stereocenters. The lowest BCUT2D eigenvalue weighted by atomic mass is 9.99. The summed E-state index contributed by atoms with van der Waals surface area (Å²) >= 11 is 0. The van der Waals surface area contributed by atoms with Gasteiger partial charge in [0, 0.05) is 48.2 Å². The molecule has 1 saturated heterocycles. The van der Waals surface area contributed by atoms with E-state index in [1.807, 2.05) is 31.3 Å². The number of carbonyl (C=O) groups is 2. The first-order valence-corrected chi connectivity index (χ1v) is 15.9. The number of rotatable bonds is 6. The van der Waals surface area contributed by atoms with Gasteiger partial charge in [-0.1, -0.05) is 30.3 Å². The van der Waals surface area contributed by atoms with E-state index in [0.717, 1.165) is 81.8 Å². The van der Waals surface area contributed by atoms with E-state index in [9.17, 15) is 9.59 Å². The summed E-state index contributed by atoms with van der Waals surface area (Å²) in [7, 11) is 3.70. The van der Waals surface area contributed by atoms with E-state index >= 15 is 0 Å². The number of nitrogens with one attached hydrogen (secondary N) is 1. The van der Waals surface area contributed by atoms with Crippen molar-refractivity contribution < 1.29 is 14.3 Å². The molecule has 2 aliphatic heterocycles. The van der Waals surface area contributed by atoms with Gasteiger partial charge in [-0.05, 0) is 79.3 Å². The molecule has 2 aromatic heterocycles. The highest BCUT2D eigenvalue weighted by Crippen LogP contribution is 2.42. The Morgan fingerprint density at radius 2 is 1.95 bits per heavy atom. The van der Waals surface area contributed by atoms with Crippen molar-refractivity contribution in [1.29, 1.82) is 0 Å². The molecule has 2 aliphatic carbocycles. The summed E-state index contributed by atoms with van der Waals surface area (Å²) in [6, 6.07) is 19.2. The molecule has 1 N–H and O–H groups in total. The van der Waals surface area contributed by atoms with Crippen LogP contribution < -0.4 is 10.1 Å². The van der Waals surface area contributed by atoms with Gasteiger partial charge in [0.05, 0.1) is 30.4 Å². The number of hydrogen-bond acceptors (Lipinski definition) is 4. The molecule has 3 fully saturated rings. The summed E-state index contributed by atoms with van der Waals surface area (Å²) in [6.45, 7) is 1.78. The topological polar surface area (TPSA) is 81.4 Å². The van der Waals surface area contributed by atoms with Crippen LogP contribution in [0.1, 0.15) is 48.0 Å². The van der Waals surface area contributed by atoms with Crippen molar-refractivity contribution in [3.63, 3.8) is 0 Å². The number of aryl methyl sites for hydroxylation is 1. The minimum atomic E-state index is 0.0442. The fraction of sp³-hybridized carbons (Fsp3) is 0.361. The SMILES string of the molecule is COc1cc(C(=O)N2CC3CCC2C3)cc2nc(-c3cc4ccc(-c5cccc6c5NC(=O)C6)cc4n3CC3CC3)n(C)c12. The molecule has 2 atom stereocenters. The number of imidazole rings is 1. The van der Waals surface area contributed by atoms with Crippen LogP contribution in [0, 0.1) is 11.8 Å². The second-order valence-electron chi connectivity index (χ2n) is 13.3. The van der Waals surface area contributed by atoms with Gasteiger partial charge < -0.3 is 24.1 Å². The van der Waals surface area contributed by atoms with E-state index in [-0.39, 0.29) is 11.8 Å². The Bertz CT molecular complexity index is 2030. The first-order chi connectivity index (χ1) is 21.4. The van der Waals surface area contributed by atoms with Crippen LogP contribution in [0.25, 0.3) is 44.6 Å². The summed E-state index contributed by atoms with van der Waals surface area (Å²) in [4.78, 5) is 33.1. The number of carbonyl (C=O) groups excluding carboxylic acids is 2. The molecule has 2 saturated carbocycles. The highest BCUT2D eigenvalue weighted by atomic mass is 16.5. The Balaban J connectivity index is 1.17. The number of piperidine rings is 1. The third-order valence-electron chi connectivity index (χ3n) is 10.4. The van der Waals surface area contributed by atoms with Gasteiger partial charge in [0.2, 0.25) is 5.91 Å². The number of benzene rings is 3. The number of hydrogen-bond donors (Lipinski definition) is 1. The molecule has 222 valence electrons. The minimum Gasteiger partial charge on any atom is -0.494 e. The van der Waals surface area contributed by atoms with E-state index < -0.39 is 0 Å². The van der Waals surface area contributed by atoms with Crippen LogP contribution in [0.3, 0.4) is 0 Å². The molecule has 2 bridgehead atoms. The van der Waals surface area contributed by atoms with E-state index in [1.165, 1.54) is 19.3 Å². The van der Waals surface area contributed by atoms with Gasteiger partial charge in [0.15, 0.2) is 5.82 Å². The van der Waals surface area contributed by atoms with Crippen LogP contribution in [0.5, 0.6) is 5.75 Å². The molecule has 3 aromatic carbocycles. The molecular weight excluding hydrogens is 550 g/mol. The molecule has 4 heterocycles. The van der Waals surface area contributed by atoms with Crippen molar-refractivity contribution in [2.45, 2.75) is 51.1 Å². The van der Waals surface area contributed by atoms with Crippen LogP contribution in [0.15, 0.2) is 54.6 Å². The largest absolute Gasteiger partial charge is 0.494 e. The number of amides is 2. The van der Waals surface area contributed by atoms with Crippen LogP contribution >= 0.6 is 0 Å². The number of fused-ring (bicyclic) bond motifs is 5. The molecule has 8 heteroatoms. The van der Waals surface area contributed by atoms with Gasteiger partial charge in [-0.2, -0.15) is 0 Å². The van der Waals surface area contributed by atoms with E-state index in [4.69, 9.17) is 9.72 Å². The fourth-order valence-corrected chi connectivity index (χ4v) is 8.01. The molecule has 0 spiro atoms. The zero-order valence-electron chi connectivity index (χ0n) is 25.1. The fourth-order valence-electron chi connectivity index (χ4n) is 8.01. The average Bonchev–Trinajstić information content (AvgIpc) is 3.41. The van der Waals surface area contributed by atoms with Crippen LogP contribution in [-0.4, -0.2) is 50.5 Å². The van der Waals surface area contributed by atoms with Crippen molar-refractivity contribution in [2.24, 2.45) is 18.9 Å². The summed E-state index contributed by atoms with van der Waals surface area (Å²) in [6.07, 6.45) is 6.37.